The van der Waals surface area contributed by atoms with E-state index >= 15 is 0 Å². The Bertz CT molecular complexity index is 748. The number of hydrogen-bond acceptors (Lipinski definition) is 2. The molecule has 112 valence electrons. The molecule has 0 unspecified atom stereocenters. The smallest absolute Gasteiger partial charge is 0.242 e. The number of likely N-dealkylation sites (tertiary alicyclic amines) is 1. The normalized spacial score (nSPS) is 15.6. The van der Waals surface area contributed by atoms with Crippen LogP contribution in [0.1, 0.15) is 19.3 Å². The van der Waals surface area contributed by atoms with E-state index in [0.29, 0.717) is 15.8 Å². The maximum Gasteiger partial charge on any atom is 0.242 e. The molecule has 0 atom stereocenters. The van der Waals surface area contributed by atoms with Crippen molar-refractivity contribution in [2.24, 2.45) is 0 Å². The molecule has 1 aliphatic heterocycles. The summed E-state index contributed by atoms with van der Waals surface area (Å²) in [6.07, 6.45) is 3.24. The molecule has 0 radical (unpaired) electrons. The SMILES string of the molecule is O=C(Cn1c(=S)[nH]c2cc(Cl)c(F)cc21)N1CCCCC1. The average Bonchev–Trinajstić information content (AvgIpc) is 2.76. The molecule has 1 aromatic carbocycles. The third-order valence-electron chi connectivity index (χ3n) is 3.82. The Balaban J connectivity index is 1.93. The molecule has 1 amide bonds. The molecule has 1 saturated heterocycles. The molecule has 7 heteroatoms. The minimum Gasteiger partial charge on any atom is -0.341 e. The highest BCUT2D eigenvalue weighted by Crippen LogP contribution is 2.23. The first-order chi connectivity index (χ1) is 10.1. The summed E-state index contributed by atoms with van der Waals surface area (Å²) < 4.78 is 15.7. The molecule has 1 fully saturated rings. The van der Waals surface area contributed by atoms with E-state index in [2.05, 4.69) is 4.98 Å². The zero-order valence-corrected chi connectivity index (χ0v) is 12.9. The maximum atomic E-state index is 13.6. The van der Waals surface area contributed by atoms with Gasteiger partial charge in [-0.1, -0.05) is 11.6 Å². The number of rotatable bonds is 2. The van der Waals surface area contributed by atoms with Crippen molar-refractivity contribution in [3.05, 3.63) is 27.7 Å². The van der Waals surface area contributed by atoms with Crippen LogP contribution in [0.2, 0.25) is 5.02 Å². The molecular weight excluding hydrogens is 313 g/mol. The molecule has 0 saturated carbocycles. The maximum absolute atomic E-state index is 13.6. The van der Waals surface area contributed by atoms with Crippen molar-refractivity contribution < 1.29 is 9.18 Å². The van der Waals surface area contributed by atoms with E-state index in [1.165, 1.54) is 18.6 Å². The summed E-state index contributed by atoms with van der Waals surface area (Å²) in [4.78, 5) is 17.1. The molecule has 1 aromatic heterocycles. The third kappa shape index (κ3) is 2.82. The minimum atomic E-state index is -0.516. The highest BCUT2D eigenvalue weighted by molar-refractivity contribution is 7.71. The van der Waals surface area contributed by atoms with Crippen LogP contribution in [0.5, 0.6) is 0 Å². The lowest BCUT2D eigenvalue weighted by atomic mass is 10.1. The summed E-state index contributed by atoms with van der Waals surface area (Å²) in [6.45, 7) is 1.70. The fourth-order valence-corrected chi connectivity index (χ4v) is 3.12. The lowest BCUT2D eigenvalue weighted by Gasteiger charge is -2.26. The average molecular weight is 328 g/mol. The Labute approximate surface area is 131 Å². The van der Waals surface area contributed by atoms with Crippen molar-refractivity contribution in [3.8, 4) is 0 Å². The molecule has 1 N–H and O–H groups in total. The number of nitrogens with zero attached hydrogens (tertiary/aromatic N) is 2. The Hall–Kier alpha value is -1.40. The Morgan fingerprint density at radius 1 is 1.33 bits per heavy atom. The van der Waals surface area contributed by atoms with Gasteiger partial charge in [0.1, 0.15) is 12.4 Å². The van der Waals surface area contributed by atoms with E-state index < -0.39 is 5.82 Å². The number of piperidine rings is 1. The zero-order chi connectivity index (χ0) is 15.0. The molecular formula is C14H15ClFN3OS. The van der Waals surface area contributed by atoms with Gasteiger partial charge in [0.15, 0.2) is 4.77 Å². The lowest BCUT2D eigenvalue weighted by Crippen LogP contribution is -2.37. The van der Waals surface area contributed by atoms with Gasteiger partial charge in [-0.3, -0.25) is 4.79 Å². The van der Waals surface area contributed by atoms with Crippen LogP contribution >= 0.6 is 23.8 Å². The van der Waals surface area contributed by atoms with Crippen LogP contribution in [-0.4, -0.2) is 33.4 Å². The van der Waals surface area contributed by atoms with Crippen molar-refractivity contribution in [1.29, 1.82) is 0 Å². The number of imidazole rings is 1. The number of H-pyrrole nitrogens is 1. The second-order valence-corrected chi connectivity index (χ2v) is 6.04. The topological polar surface area (TPSA) is 41.0 Å². The molecule has 0 bridgehead atoms. The number of hydrogen-bond donors (Lipinski definition) is 1. The van der Waals surface area contributed by atoms with E-state index in [1.54, 1.807) is 4.57 Å². The first kappa shape index (κ1) is 14.5. The number of halogens is 2. The van der Waals surface area contributed by atoms with E-state index in [1.807, 2.05) is 4.90 Å². The van der Waals surface area contributed by atoms with Crippen molar-refractivity contribution in [1.82, 2.24) is 14.5 Å². The van der Waals surface area contributed by atoms with Gasteiger partial charge in [-0.2, -0.15) is 0 Å². The van der Waals surface area contributed by atoms with E-state index in [-0.39, 0.29) is 17.5 Å². The van der Waals surface area contributed by atoms with E-state index in [9.17, 15) is 9.18 Å². The van der Waals surface area contributed by atoms with Gasteiger partial charge in [-0.05, 0) is 37.5 Å². The van der Waals surface area contributed by atoms with Crippen LogP contribution in [0.15, 0.2) is 12.1 Å². The van der Waals surface area contributed by atoms with E-state index in [0.717, 1.165) is 25.9 Å². The van der Waals surface area contributed by atoms with Crippen molar-refractivity contribution in [2.45, 2.75) is 25.8 Å². The van der Waals surface area contributed by atoms with Gasteiger partial charge >= 0.3 is 0 Å². The molecule has 2 heterocycles. The van der Waals surface area contributed by atoms with Crippen LogP contribution in [0, 0.1) is 10.6 Å². The fraction of sp³-hybridized carbons (Fsp3) is 0.429. The summed E-state index contributed by atoms with van der Waals surface area (Å²) >= 11 is 11.0. The second-order valence-electron chi connectivity index (χ2n) is 5.24. The predicted molar refractivity (Wildman–Crippen MR) is 82.5 cm³/mol. The second kappa shape index (κ2) is 5.77. The molecule has 3 rings (SSSR count). The van der Waals surface area contributed by atoms with Gasteiger partial charge in [0.05, 0.1) is 16.1 Å². The number of nitrogens with one attached hydrogen (secondary N) is 1. The van der Waals surface area contributed by atoms with Crippen molar-refractivity contribution in [2.75, 3.05) is 13.1 Å². The zero-order valence-electron chi connectivity index (χ0n) is 11.4. The first-order valence-corrected chi connectivity index (χ1v) is 7.70. The van der Waals surface area contributed by atoms with Crippen LogP contribution < -0.4 is 0 Å². The molecule has 4 nitrogen and oxygen atoms in total. The van der Waals surface area contributed by atoms with Crippen molar-refractivity contribution in [3.63, 3.8) is 0 Å². The Morgan fingerprint density at radius 2 is 2.05 bits per heavy atom. The monoisotopic (exact) mass is 327 g/mol. The Kier molecular flexibility index (Phi) is 3.99. The summed E-state index contributed by atoms with van der Waals surface area (Å²) in [6, 6.07) is 2.80. The number of benzene rings is 1. The number of aromatic nitrogens is 2. The van der Waals surface area contributed by atoms with Gasteiger partial charge in [-0.15, -0.1) is 0 Å². The Morgan fingerprint density at radius 3 is 2.76 bits per heavy atom. The van der Waals surface area contributed by atoms with Crippen molar-refractivity contribution >= 4 is 40.8 Å². The summed E-state index contributed by atoms with van der Waals surface area (Å²) in [5, 5.41) is 0.0354. The number of carbonyl (C=O) groups is 1. The van der Waals surface area contributed by atoms with Crippen LogP contribution in [0.3, 0.4) is 0 Å². The van der Waals surface area contributed by atoms with Gasteiger partial charge in [0.25, 0.3) is 0 Å². The summed E-state index contributed by atoms with van der Waals surface area (Å²) in [5.74, 6) is -0.501. The molecule has 0 spiro atoms. The van der Waals surface area contributed by atoms with Gasteiger partial charge in [0, 0.05) is 19.2 Å². The largest absolute Gasteiger partial charge is 0.341 e. The number of amides is 1. The van der Waals surface area contributed by atoms with E-state index in [4.69, 9.17) is 23.8 Å². The number of carbonyl (C=O) groups excluding carboxylic acids is 1. The number of fused-ring (bicyclic) bond motifs is 1. The summed E-state index contributed by atoms with van der Waals surface area (Å²) in [7, 11) is 0. The standard InChI is InChI=1S/C14H15ClFN3OS/c15-9-6-11-12(7-10(9)16)19(14(21)17-11)8-13(20)18-4-2-1-3-5-18/h6-7H,1-5,8H2,(H,17,21). The van der Waals surface area contributed by atoms with Crippen LogP contribution in [-0.2, 0) is 11.3 Å². The molecule has 2 aromatic rings. The van der Waals surface area contributed by atoms with Gasteiger partial charge in [0.2, 0.25) is 5.91 Å². The van der Waals surface area contributed by atoms with Crippen LogP contribution in [0.4, 0.5) is 4.39 Å². The molecule has 0 aliphatic carbocycles. The minimum absolute atomic E-state index is 0.0158. The lowest BCUT2D eigenvalue weighted by molar-refractivity contribution is -0.132. The molecule has 1 aliphatic rings. The number of aromatic amines is 1. The highest BCUT2D eigenvalue weighted by atomic mass is 35.5. The fourth-order valence-electron chi connectivity index (χ4n) is 2.69. The quantitative estimate of drug-likeness (QED) is 0.858. The predicted octanol–water partition coefficient (Wildman–Crippen LogP) is 3.50. The first-order valence-electron chi connectivity index (χ1n) is 6.91. The molecule has 21 heavy (non-hydrogen) atoms. The highest BCUT2D eigenvalue weighted by Gasteiger charge is 2.18. The third-order valence-corrected chi connectivity index (χ3v) is 4.43. The van der Waals surface area contributed by atoms with Gasteiger partial charge in [-0.25, -0.2) is 4.39 Å². The van der Waals surface area contributed by atoms with Crippen LogP contribution in [0.25, 0.3) is 11.0 Å². The van der Waals surface area contributed by atoms with Gasteiger partial charge < -0.3 is 14.5 Å². The summed E-state index contributed by atoms with van der Waals surface area (Å²) in [5.41, 5.74) is 1.20.